The number of rotatable bonds is 1. The third-order valence-corrected chi connectivity index (χ3v) is 3.54. The quantitative estimate of drug-likeness (QED) is 0.736. The van der Waals surface area contributed by atoms with Crippen LogP contribution in [0.25, 0.3) is 22.3 Å². The Hall–Kier alpha value is -2.20. The SMILES string of the molecule is Clc1ccc2oc(-c3cncc4c3OCCN4)cc2c1. The Labute approximate surface area is 120 Å². The van der Waals surface area contributed by atoms with Crippen molar-refractivity contribution in [3.8, 4) is 17.1 Å². The zero-order chi connectivity index (χ0) is 13.5. The van der Waals surface area contributed by atoms with Gasteiger partial charge in [0, 0.05) is 23.2 Å². The Morgan fingerprint density at radius 2 is 2.15 bits per heavy atom. The van der Waals surface area contributed by atoms with Gasteiger partial charge >= 0.3 is 0 Å². The normalized spacial score (nSPS) is 13.7. The number of ether oxygens (including phenoxy) is 1. The summed E-state index contributed by atoms with van der Waals surface area (Å²) in [6.07, 6.45) is 3.52. The molecule has 0 bridgehead atoms. The van der Waals surface area contributed by atoms with Crippen LogP contribution >= 0.6 is 11.6 Å². The highest BCUT2D eigenvalue weighted by atomic mass is 35.5. The van der Waals surface area contributed by atoms with Crippen molar-refractivity contribution in [2.24, 2.45) is 0 Å². The van der Waals surface area contributed by atoms with Gasteiger partial charge in [-0.05, 0) is 24.3 Å². The van der Waals surface area contributed by atoms with E-state index < -0.39 is 0 Å². The Kier molecular flexibility index (Phi) is 2.57. The van der Waals surface area contributed by atoms with Crippen LogP contribution in [-0.4, -0.2) is 18.1 Å². The number of nitrogens with one attached hydrogen (secondary N) is 1. The van der Waals surface area contributed by atoms with Gasteiger partial charge in [0.05, 0.1) is 17.4 Å². The minimum Gasteiger partial charge on any atom is -0.489 e. The second-order valence-corrected chi connectivity index (χ2v) is 5.07. The fraction of sp³-hybridized carbons (Fsp3) is 0.133. The number of hydrogen-bond donors (Lipinski definition) is 1. The molecule has 3 aromatic rings. The van der Waals surface area contributed by atoms with E-state index in [9.17, 15) is 0 Å². The van der Waals surface area contributed by atoms with Crippen molar-refractivity contribution in [3.63, 3.8) is 0 Å². The van der Waals surface area contributed by atoms with E-state index in [0.717, 1.165) is 40.3 Å². The number of hydrogen-bond acceptors (Lipinski definition) is 4. The average molecular weight is 287 g/mol. The average Bonchev–Trinajstić information content (AvgIpc) is 2.89. The predicted octanol–water partition coefficient (Wildman–Crippen LogP) is 3.95. The third-order valence-electron chi connectivity index (χ3n) is 3.30. The summed E-state index contributed by atoms with van der Waals surface area (Å²) in [5.41, 5.74) is 2.54. The summed E-state index contributed by atoms with van der Waals surface area (Å²) in [5, 5.41) is 4.92. The Bertz CT molecular complexity index is 798. The second-order valence-electron chi connectivity index (χ2n) is 4.63. The van der Waals surface area contributed by atoms with Crippen molar-refractivity contribution in [3.05, 3.63) is 41.7 Å². The zero-order valence-electron chi connectivity index (χ0n) is 10.5. The van der Waals surface area contributed by atoms with Gasteiger partial charge in [0.1, 0.15) is 18.0 Å². The number of anilines is 1. The first-order valence-corrected chi connectivity index (χ1v) is 6.73. The van der Waals surface area contributed by atoms with E-state index >= 15 is 0 Å². The highest BCUT2D eigenvalue weighted by Crippen LogP contribution is 2.39. The van der Waals surface area contributed by atoms with Crippen LogP contribution < -0.4 is 10.1 Å². The topological polar surface area (TPSA) is 47.3 Å². The minimum atomic E-state index is 0.635. The Morgan fingerprint density at radius 3 is 3.10 bits per heavy atom. The number of aromatic nitrogens is 1. The third kappa shape index (κ3) is 1.80. The summed E-state index contributed by atoms with van der Waals surface area (Å²) in [6, 6.07) is 7.51. The van der Waals surface area contributed by atoms with Crippen LogP contribution in [-0.2, 0) is 0 Å². The molecule has 1 aliphatic heterocycles. The molecule has 0 fully saturated rings. The van der Waals surface area contributed by atoms with Crippen LogP contribution in [0.2, 0.25) is 5.02 Å². The van der Waals surface area contributed by atoms with Crippen LogP contribution in [0.15, 0.2) is 41.1 Å². The number of fused-ring (bicyclic) bond motifs is 2. The van der Waals surface area contributed by atoms with E-state index in [-0.39, 0.29) is 0 Å². The number of benzene rings is 1. The molecule has 2 aromatic heterocycles. The molecule has 1 aromatic carbocycles. The molecule has 3 heterocycles. The molecular weight excluding hydrogens is 276 g/mol. The monoisotopic (exact) mass is 286 g/mol. The van der Waals surface area contributed by atoms with Gasteiger partial charge in [0.2, 0.25) is 0 Å². The Balaban J connectivity index is 1.90. The Morgan fingerprint density at radius 1 is 1.20 bits per heavy atom. The van der Waals surface area contributed by atoms with Crippen molar-refractivity contribution >= 4 is 28.3 Å². The first-order valence-electron chi connectivity index (χ1n) is 6.35. The van der Waals surface area contributed by atoms with E-state index in [4.69, 9.17) is 20.8 Å². The van der Waals surface area contributed by atoms with Crippen LogP contribution in [0.5, 0.6) is 5.75 Å². The first kappa shape index (κ1) is 11.6. The maximum Gasteiger partial charge on any atom is 0.156 e. The summed E-state index contributed by atoms with van der Waals surface area (Å²) < 4.78 is 11.6. The number of pyridine rings is 1. The highest BCUT2D eigenvalue weighted by Gasteiger charge is 2.18. The lowest BCUT2D eigenvalue weighted by Crippen LogP contribution is -2.18. The second kappa shape index (κ2) is 4.42. The van der Waals surface area contributed by atoms with Crippen molar-refractivity contribution < 1.29 is 9.15 Å². The number of nitrogens with zero attached hydrogens (tertiary/aromatic N) is 1. The summed E-state index contributed by atoms with van der Waals surface area (Å²) in [4.78, 5) is 4.23. The van der Waals surface area contributed by atoms with E-state index in [1.165, 1.54) is 0 Å². The maximum absolute atomic E-state index is 6.00. The van der Waals surface area contributed by atoms with Crippen LogP contribution in [0.1, 0.15) is 0 Å². The lowest BCUT2D eigenvalue weighted by atomic mass is 10.1. The molecule has 0 aliphatic carbocycles. The van der Waals surface area contributed by atoms with Crippen LogP contribution in [0.4, 0.5) is 5.69 Å². The first-order chi connectivity index (χ1) is 9.81. The molecule has 0 amide bonds. The highest BCUT2D eigenvalue weighted by molar-refractivity contribution is 6.31. The number of halogens is 1. The van der Waals surface area contributed by atoms with Gasteiger partial charge in [-0.15, -0.1) is 0 Å². The van der Waals surface area contributed by atoms with Gasteiger partial charge in [-0.25, -0.2) is 0 Å². The summed E-state index contributed by atoms with van der Waals surface area (Å²) >= 11 is 6.00. The van der Waals surface area contributed by atoms with Crippen molar-refractivity contribution in [1.29, 1.82) is 0 Å². The van der Waals surface area contributed by atoms with E-state index in [1.807, 2.05) is 24.3 Å². The molecule has 0 saturated carbocycles. The minimum absolute atomic E-state index is 0.635. The lowest BCUT2D eigenvalue weighted by molar-refractivity contribution is 0.323. The molecular formula is C15H11ClN2O2. The van der Waals surface area contributed by atoms with E-state index in [2.05, 4.69) is 10.3 Å². The van der Waals surface area contributed by atoms with Gasteiger partial charge in [0.15, 0.2) is 5.75 Å². The molecule has 4 rings (SSSR count). The van der Waals surface area contributed by atoms with Gasteiger partial charge in [0.25, 0.3) is 0 Å². The lowest BCUT2D eigenvalue weighted by Gasteiger charge is -2.20. The molecule has 0 atom stereocenters. The molecule has 100 valence electrons. The fourth-order valence-corrected chi connectivity index (χ4v) is 2.57. The van der Waals surface area contributed by atoms with Gasteiger partial charge in [-0.2, -0.15) is 0 Å². The molecule has 4 nitrogen and oxygen atoms in total. The van der Waals surface area contributed by atoms with Gasteiger partial charge in [-0.1, -0.05) is 11.6 Å². The molecule has 5 heteroatoms. The molecule has 0 spiro atoms. The maximum atomic E-state index is 6.00. The molecule has 0 saturated heterocycles. The zero-order valence-corrected chi connectivity index (χ0v) is 11.3. The summed E-state index contributed by atoms with van der Waals surface area (Å²) in [5.74, 6) is 1.52. The van der Waals surface area contributed by atoms with E-state index in [0.29, 0.717) is 11.6 Å². The molecule has 1 N–H and O–H groups in total. The van der Waals surface area contributed by atoms with E-state index in [1.54, 1.807) is 12.4 Å². The smallest absolute Gasteiger partial charge is 0.156 e. The molecule has 20 heavy (non-hydrogen) atoms. The largest absolute Gasteiger partial charge is 0.489 e. The number of furan rings is 1. The van der Waals surface area contributed by atoms with Crippen molar-refractivity contribution in [2.45, 2.75) is 0 Å². The molecule has 0 radical (unpaired) electrons. The van der Waals surface area contributed by atoms with Crippen molar-refractivity contribution in [1.82, 2.24) is 4.98 Å². The van der Waals surface area contributed by atoms with Crippen LogP contribution in [0.3, 0.4) is 0 Å². The summed E-state index contributed by atoms with van der Waals surface area (Å²) in [6.45, 7) is 1.42. The summed E-state index contributed by atoms with van der Waals surface area (Å²) in [7, 11) is 0. The van der Waals surface area contributed by atoms with Crippen LogP contribution in [0, 0.1) is 0 Å². The molecule has 1 aliphatic rings. The molecule has 0 unspecified atom stereocenters. The standard InChI is InChI=1S/C15H11ClN2O2/c16-10-1-2-13-9(5-10)6-14(20-13)11-7-17-8-12-15(11)19-4-3-18-12/h1-2,5-8,18H,3-4H2. The van der Waals surface area contributed by atoms with Gasteiger partial charge in [-0.3, -0.25) is 4.98 Å². The fourth-order valence-electron chi connectivity index (χ4n) is 2.39. The van der Waals surface area contributed by atoms with Crippen molar-refractivity contribution in [2.75, 3.05) is 18.5 Å². The predicted molar refractivity (Wildman–Crippen MR) is 78.4 cm³/mol. The van der Waals surface area contributed by atoms with Gasteiger partial charge < -0.3 is 14.5 Å².